The maximum absolute atomic E-state index is 10.0. The quantitative estimate of drug-likeness (QED) is 0.283. The molecule has 0 aliphatic carbocycles. The number of halogens is 1. The van der Waals surface area contributed by atoms with Gasteiger partial charge in [0.2, 0.25) is 0 Å². The van der Waals surface area contributed by atoms with Crippen LogP contribution in [0.1, 0.15) is 63.0 Å². The largest absolute Gasteiger partial charge is 0.497 e. The van der Waals surface area contributed by atoms with Gasteiger partial charge in [0.1, 0.15) is 5.75 Å². The Labute approximate surface area is 172 Å². The molecule has 0 radical (unpaired) electrons. The number of likely N-dealkylation sites (N-methyl/N-ethyl adjacent to an activating group) is 1. The van der Waals surface area contributed by atoms with Gasteiger partial charge < -0.3 is 14.4 Å². The van der Waals surface area contributed by atoms with Gasteiger partial charge in [0.15, 0.2) is 0 Å². The van der Waals surface area contributed by atoms with E-state index in [1.54, 1.807) is 7.11 Å². The molecule has 0 atom stereocenters. The summed E-state index contributed by atoms with van der Waals surface area (Å²) >= 11 is 0. The van der Waals surface area contributed by atoms with Crippen LogP contribution >= 0.6 is 12.4 Å². The Morgan fingerprint density at radius 2 is 1.67 bits per heavy atom. The van der Waals surface area contributed by atoms with Gasteiger partial charge in [0, 0.05) is 6.54 Å². The molecule has 0 bridgehead atoms. The van der Waals surface area contributed by atoms with Crippen LogP contribution in [0.5, 0.6) is 5.75 Å². The lowest BCUT2D eigenvalue weighted by molar-refractivity contribution is -0.128. The highest BCUT2D eigenvalue weighted by molar-refractivity contribution is 5.85. The van der Waals surface area contributed by atoms with Gasteiger partial charge in [-0.25, -0.2) is 0 Å². The molecule has 0 aliphatic rings. The van der Waals surface area contributed by atoms with Gasteiger partial charge in [-0.1, -0.05) is 45.1 Å². The van der Waals surface area contributed by atoms with Gasteiger partial charge in [0.25, 0.3) is 6.47 Å². The van der Waals surface area contributed by atoms with Crippen LogP contribution in [0, 0.1) is 6.92 Å². The lowest BCUT2D eigenvalue weighted by Crippen LogP contribution is -2.27. The summed E-state index contributed by atoms with van der Waals surface area (Å²) in [5.74, 6) is 0.950. The first kappa shape index (κ1) is 25.7. The molecule has 0 aromatic heterocycles. The first-order valence-corrected chi connectivity index (χ1v) is 10.1. The minimum absolute atomic E-state index is 0. The fraction of sp³-hybridized carbons (Fsp3) is 0.682. The predicted octanol–water partition coefficient (Wildman–Crippen LogP) is 5.19. The van der Waals surface area contributed by atoms with E-state index in [0.29, 0.717) is 13.1 Å². The number of rotatable bonds is 16. The molecule has 1 rings (SSSR count). The smallest absolute Gasteiger partial charge is 0.293 e. The number of carbonyl (C=O) groups excluding carboxylic acids is 1. The zero-order valence-electron chi connectivity index (χ0n) is 17.4. The highest BCUT2D eigenvalue weighted by Crippen LogP contribution is 2.18. The van der Waals surface area contributed by atoms with Crippen molar-refractivity contribution in [3.05, 3.63) is 29.3 Å². The Hall–Kier alpha value is -1.26. The van der Waals surface area contributed by atoms with Gasteiger partial charge in [0.05, 0.1) is 13.7 Å². The van der Waals surface area contributed by atoms with Crippen LogP contribution in [0.15, 0.2) is 18.2 Å². The molecule has 0 spiro atoms. The third-order valence-corrected chi connectivity index (χ3v) is 5.01. The van der Waals surface area contributed by atoms with Gasteiger partial charge >= 0.3 is 0 Å². The molecular formula is C22H38ClNO3. The Kier molecular flexibility index (Phi) is 16.1. The van der Waals surface area contributed by atoms with E-state index >= 15 is 0 Å². The minimum Gasteiger partial charge on any atom is -0.497 e. The van der Waals surface area contributed by atoms with Crippen LogP contribution in [-0.2, 0) is 16.0 Å². The maximum Gasteiger partial charge on any atom is 0.293 e. The molecule has 1 aromatic carbocycles. The fourth-order valence-electron chi connectivity index (χ4n) is 3.20. The first-order chi connectivity index (χ1) is 12.7. The van der Waals surface area contributed by atoms with Crippen molar-refractivity contribution in [2.45, 2.75) is 65.2 Å². The second-order valence-electron chi connectivity index (χ2n) is 6.92. The molecule has 0 fully saturated rings. The van der Waals surface area contributed by atoms with E-state index in [4.69, 9.17) is 9.47 Å². The topological polar surface area (TPSA) is 38.8 Å². The predicted molar refractivity (Wildman–Crippen MR) is 115 cm³/mol. The minimum atomic E-state index is 0. The second-order valence-corrected chi connectivity index (χ2v) is 6.92. The molecule has 27 heavy (non-hydrogen) atoms. The zero-order valence-corrected chi connectivity index (χ0v) is 18.2. The summed E-state index contributed by atoms with van der Waals surface area (Å²) in [7, 11) is 1.73. The molecule has 4 nitrogen and oxygen atoms in total. The van der Waals surface area contributed by atoms with Crippen molar-refractivity contribution in [2.75, 3.05) is 33.4 Å². The molecule has 0 unspecified atom stereocenters. The van der Waals surface area contributed by atoms with E-state index in [0.717, 1.165) is 38.1 Å². The molecule has 0 heterocycles. The first-order valence-electron chi connectivity index (χ1n) is 10.1. The van der Waals surface area contributed by atoms with Crippen molar-refractivity contribution in [2.24, 2.45) is 0 Å². The van der Waals surface area contributed by atoms with Crippen LogP contribution in [0.2, 0.25) is 0 Å². The normalized spacial score (nSPS) is 10.5. The summed E-state index contributed by atoms with van der Waals surface area (Å²) in [5, 5.41) is 0. The lowest BCUT2D eigenvalue weighted by Gasteiger charge is -2.21. The number of benzene rings is 1. The number of aryl methyl sites for hydroxylation is 1. The van der Waals surface area contributed by atoms with Crippen LogP contribution in [0.3, 0.4) is 0 Å². The highest BCUT2D eigenvalue weighted by atomic mass is 35.5. The number of nitrogens with zero attached hydrogens (tertiary/aromatic N) is 1. The Balaban J connectivity index is 0.00000676. The van der Waals surface area contributed by atoms with Gasteiger partial charge in [-0.15, -0.1) is 12.4 Å². The van der Waals surface area contributed by atoms with E-state index in [2.05, 4.69) is 30.9 Å². The zero-order chi connectivity index (χ0) is 19.0. The number of unbranched alkanes of at least 4 members (excludes halogenated alkanes) is 6. The van der Waals surface area contributed by atoms with Crippen molar-refractivity contribution >= 4 is 18.9 Å². The molecule has 0 saturated heterocycles. The Morgan fingerprint density at radius 3 is 2.30 bits per heavy atom. The summed E-state index contributed by atoms with van der Waals surface area (Å²) in [4.78, 5) is 12.6. The molecule has 1 aromatic rings. The summed E-state index contributed by atoms with van der Waals surface area (Å²) < 4.78 is 10.0. The highest BCUT2D eigenvalue weighted by Gasteiger charge is 2.06. The second kappa shape index (κ2) is 16.9. The summed E-state index contributed by atoms with van der Waals surface area (Å²) in [5.41, 5.74) is 2.74. The standard InChI is InChI=1S/C22H37NO3.ClH/c1-4-23(15-10-8-6-5-7-9-11-17-26-19-24)16-14-21-18-22(25-3)13-12-20(21)2;/h12-13,18-19H,4-11,14-17H2,1-3H3;1H. The molecule has 5 heteroatoms. The van der Waals surface area contributed by atoms with Crippen LogP contribution in [-0.4, -0.2) is 44.7 Å². The van der Waals surface area contributed by atoms with Gasteiger partial charge in [-0.3, -0.25) is 4.79 Å². The third kappa shape index (κ3) is 11.9. The number of ether oxygens (including phenoxy) is 2. The maximum atomic E-state index is 10.0. The summed E-state index contributed by atoms with van der Waals surface area (Å²) in [6.45, 7) is 8.94. The van der Waals surface area contributed by atoms with E-state index < -0.39 is 0 Å². The van der Waals surface area contributed by atoms with Crippen LogP contribution in [0.25, 0.3) is 0 Å². The summed E-state index contributed by atoms with van der Waals surface area (Å²) in [6, 6.07) is 6.35. The van der Waals surface area contributed by atoms with E-state index in [-0.39, 0.29) is 12.4 Å². The third-order valence-electron chi connectivity index (χ3n) is 5.01. The Morgan fingerprint density at radius 1 is 1.00 bits per heavy atom. The van der Waals surface area contributed by atoms with Crippen LogP contribution < -0.4 is 4.74 Å². The van der Waals surface area contributed by atoms with Gasteiger partial charge in [-0.2, -0.15) is 0 Å². The molecular weight excluding hydrogens is 362 g/mol. The summed E-state index contributed by atoms with van der Waals surface area (Å²) in [6.07, 6.45) is 9.66. The SMILES string of the molecule is CCN(CCCCCCCCCOC=O)CCc1cc(OC)ccc1C.Cl. The van der Waals surface area contributed by atoms with Crippen molar-refractivity contribution in [3.63, 3.8) is 0 Å². The van der Waals surface area contributed by atoms with Crippen molar-refractivity contribution < 1.29 is 14.3 Å². The van der Waals surface area contributed by atoms with Crippen molar-refractivity contribution in [3.8, 4) is 5.75 Å². The molecule has 156 valence electrons. The monoisotopic (exact) mass is 399 g/mol. The molecule has 0 amide bonds. The van der Waals surface area contributed by atoms with Crippen molar-refractivity contribution in [1.82, 2.24) is 4.90 Å². The molecule has 0 N–H and O–H groups in total. The number of carbonyl (C=O) groups is 1. The lowest BCUT2D eigenvalue weighted by atomic mass is 10.0. The van der Waals surface area contributed by atoms with Crippen LogP contribution in [0.4, 0.5) is 0 Å². The fourth-order valence-corrected chi connectivity index (χ4v) is 3.20. The number of hydrogen-bond acceptors (Lipinski definition) is 4. The average Bonchev–Trinajstić information content (AvgIpc) is 2.66. The van der Waals surface area contributed by atoms with Gasteiger partial charge in [-0.05, 0) is 62.5 Å². The van der Waals surface area contributed by atoms with E-state index in [1.807, 2.05) is 6.07 Å². The Bertz CT molecular complexity index is 496. The van der Waals surface area contributed by atoms with E-state index in [1.165, 1.54) is 49.8 Å². The average molecular weight is 400 g/mol. The number of hydrogen-bond donors (Lipinski definition) is 0. The van der Waals surface area contributed by atoms with Crippen molar-refractivity contribution in [1.29, 1.82) is 0 Å². The number of methoxy groups -OCH3 is 1. The molecule has 0 saturated carbocycles. The van der Waals surface area contributed by atoms with E-state index in [9.17, 15) is 4.79 Å². The molecule has 0 aliphatic heterocycles.